The molecule has 19 heavy (non-hydrogen) atoms. The van der Waals surface area contributed by atoms with Gasteiger partial charge in [0.25, 0.3) is 5.91 Å². The molecule has 1 aromatic carbocycles. The molecule has 104 valence electrons. The minimum absolute atomic E-state index is 0.0643. The fourth-order valence-electron chi connectivity index (χ4n) is 1.27. The molecule has 0 heterocycles. The molecule has 0 bridgehead atoms. The first-order valence-electron chi connectivity index (χ1n) is 5.17. The van der Waals surface area contributed by atoms with Crippen LogP contribution in [0.25, 0.3) is 0 Å². The van der Waals surface area contributed by atoms with Crippen molar-refractivity contribution in [1.82, 2.24) is 5.32 Å². The van der Waals surface area contributed by atoms with Crippen molar-refractivity contribution in [2.45, 2.75) is 12.8 Å². The molecule has 4 nitrogen and oxygen atoms in total. The molecule has 0 saturated carbocycles. The lowest BCUT2D eigenvalue weighted by atomic mass is 10.1. The van der Waals surface area contributed by atoms with E-state index in [1.54, 1.807) is 0 Å². The molecule has 0 unspecified atom stereocenters. The highest BCUT2D eigenvalue weighted by Gasteiger charge is 2.22. The molecule has 0 aliphatic rings. The Morgan fingerprint density at radius 3 is 2.32 bits per heavy atom. The monoisotopic (exact) mass is 279 g/mol. The smallest absolute Gasteiger partial charge is 0.303 e. The standard InChI is InChI=1S/C11H9F4NO3/c12-6-4-5(8(13)10(15)9(6)14)11(19)16-3-1-2-7(17)18/h4H,1-3H2,(H,16,19)(H,17,18). The molecule has 1 aromatic rings. The van der Waals surface area contributed by atoms with Crippen LogP contribution in [0.1, 0.15) is 23.2 Å². The van der Waals surface area contributed by atoms with Crippen LogP contribution in [0.3, 0.4) is 0 Å². The third kappa shape index (κ3) is 3.67. The molecular weight excluding hydrogens is 270 g/mol. The summed E-state index contributed by atoms with van der Waals surface area (Å²) in [7, 11) is 0. The molecule has 0 aliphatic heterocycles. The van der Waals surface area contributed by atoms with Gasteiger partial charge in [-0.1, -0.05) is 0 Å². The zero-order valence-corrected chi connectivity index (χ0v) is 9.47. The van der Waals surface area contributed by atoms with E-state index in [9.17, 15) is 27.2 Å². The first-order chi connectivity index (χ1) is 8.84. The second kappa shape index (κ2) is 6.17. The number of hydrogen-bond donors (Lipinski definition) is 2. The predicted molar refractivity (Wildman–Crippen MR) is 55.5 cm³/mol. The van der Waals surface area contributed by atoms with Crippen LogP contribution in [0.15, 0.2) is 6.07 Å². The number of carbonyl (C=O) groups is 2. The highest BCUT2D eigenvalue weighted by Crippen LogP contribution is 2.18. The van der Waals surface area contributed by atoms with E-state index in [2.05, 4.69) is 5.32 Å². The number of rotatable bonds is 5. The maximum Gasteiger partial charge on any atom is 0.303 e. The highest BCUT2D eigenvalue weighted by molar-refractivity contribution is 5.94. The van der Waals surface area contributed by atoms with Gasteiger partial charge in [0.05, 0.1) is 5.56 Å². The number of hydrogen-bond acceptors (Lipinski definition) is 2. The van der Waals surface area contributed by atoms with Crippen LogP contribution in [-0.4, -0.2) is 23.5 Å². The summed E-state index contributed by atoms with van der Waals surface area (Å²) in [6, 6.07) is 0.236. The molecule has 0 aromatic heterocycles. The number of carboxylic acids is 1. The average molecular weight is 279 g/mol. The van der Waals surface area contributed by atoms with E-state index in [4.69, 9.17) is 5.11 Å². The van der Waals surface area contributed by atoms with E-state index in [1.165, 1.54) is 0 Å². The van der Waals surface area contributed by atoms with Crippen LogP contribution in [0.5, 0.6) is 0 Å². The van der Waals surface area contributed by atoms with Gasteiger partial charge in [-0.3, -0.25) is 9.59 Å². The average Bonchev–Trinajstić information content (AvgIpc) is 2.36. The predicted octanol–water partition coefficient (Wildman–Crippen LogP) is 1.84. The molecule has 0 spiro atoms. The van der Waals surface area contributed by atoms with Gasteiger partial charge in [-0.05, 0) is 12.5 Å². The Morgan fingerprint density at radius 2 is 1.74 bits per heavy atom. The van der Waals surface area contributed by atoms with Crippen molar-refractivity contribution in [2.75, 3.05) is 6.54 Å². The molecule has 0 aliphatic carbocycles. The summed E-state index contributed by atoms with van der Waals surface area (Å²) in [6.45, 7) is -0.120. The molecule has 0 radical (unpaired) electrons. The maximum atomic E-state index is 13.2. The Kier molecular flexibility index (Phi) is 4.85. The Balaban J connectivity index is 2.75. The molecule has 0 saturated heterocycles. The van der Waals surface area contributed by atoms with Gasteiger partial charge in [-0.2, -0.15) is 0 Å². The van der Waals surface area contributed by atoms with E-state index in [1.807, 2.05) is 0 Å². The number of carboxylic acid groups (broad SMARTS) is 1. The molecule has 2 N–H and O–H groups in total. The molecular formula is C11H9F4NO3. The van der Waals surface area contributed by atoms with Crippen molar-refractivity contribution in [3.05, 3.63) is 34.9 Å². The zero-order chi connectivity index (χ0) is 14.6. The summed E-state index contributed by atoms with van der Waals surface area (Å²) in [4.78, 5) is 21.6. The van der Waals surface area contributed by atoms with Gasteiger partial charge in [0, 0.05) is 13.0 Å². The number of halogens is 4. The Labute approximate surface area is 105 Å². The van der Waals surface area contributed by atoms with Crippen LogP contribution < -0.4 is 5.32 Å². The lowest BCUT2D eigenvalue weighted by Gasteiger charge is -2.07. The van der Waals surface area contributed by atoms with Crippen LogP contribution in [0.2, 0.25) is 0 Å². The molecule has 8 heteroatoms. The lowest BCUT2D eigenvalue weighted by molar-refractivity contribution is -0.137. The van der Waals surface area contributed by atoms with Crippen molar-refractivity contribution in [3.63, 3.8) is 0 Å². The normalized spacial score (nSPS) is 10.3. The SMILES string of the molecule is O=C(O)CCCNC(=O)c1cc(F)c(F)c(F)c1F. The highest BCUT2D eigenvalue weighted by atomic mass is 19.2. The first kappa shape index (κ1) is 14.9. The maximum absolute atomic E-state index is 13.2. The fraction of sp³-hybridized carbons (Fsp3) is 0.273. The van der Waals surface area contributed by atoms with Gasteiger partial charge < -0.3 is 10.4 Å². The number of carbonyl (C=O) groups excluding carboxylic acids is 1. The Morgan fingerprint density at radius 1 is 1.11 bits per heavy atom. The number of aliphatic carboxylic acids is 1. The molecule has 1 rings (SSSR count). The van der Waals surface area contributed by atoms with E-state index in [0.29, 0.717) is 0 Å². The third-order valence-corrected chi connectivity index (χ3v) is 2.20. The topological polar surface area (TPSA) is 66.4 Å². The van der Waals surface area contributed by atoms with Crippen molar-refractivity contribution in [1.29, 1.82) is 0 Å². The molecule has 1 amide bonds. The van der Waals surface area contributed by atoms with Gasteiger partial charge in [0.1, 0.15) is 0 Å². The van der Waals surface area contributed by atoms with Gasteiger partial charge in [0.15, 0.2) is 23.3 Å². The fourth-order valence-corrected chi connectivity index (χ4v) is 1.27. The van der Waals surface area contributed by atoms with Crippen LogP contribution >= 0.6 is 0 Å². The van der Waals surface area contributed by atoms with E-state index < -0.39 is 40.7 Å². The second-order valence-electron chi connectivity index (χ2n) is 3.60. The summed E-state index contributed by atoms with van der Waals surface area (Å²) in [5.74, 6) is -9.79. The van der Waals surface area contributed by atoms with Crippen molar-refractivity contribution in [2.24, 2.45) is 0 Å². The molecule has 0 atom stereocenters. The van der Waals surface area contributed by atoms with Crippen LogP contribution in [0, 0.1) is 23.3 Å². The molecule has 0 fully saturated rings. The zero-order valence-electron chi connectivity index (χ0n) is 9.47. The van der Waals surface area contributed by atoms with Crippen LogP contribution in [0.4, 0.5) is 17.6 Å². The van der Waals surface area contributed by atoms with E-state index in [-0.39, 0.29) is 25.5 Å². The quantitative estimate of drug-likeness (QED) is 0.374. The van der Waals surface area contributed by atoms with Crippen LogP contribution in [-0.2, 0) is 4.79 Å². The minimum Gasteiger partial charge on any atom is -0.481 e. The summed E-state index contributed by atoms with van der Waals surface area (Å²) < 4.78 is 51.5. The van der Waals surface area contributed by atoms with Crippen molar-refractivity contribution < 1.29 is 32.3 Å². The number of amides is 1. The van der Waals surface area contributed by atoms with Crippen molar-refractivity contribution >= 4 is 11.9 Å². The van der Waals surface area contributed by atoms with Crippen molar-refractivity contribution in [3.8, 4) is 0 Å². The second-order valence-corrected chi connectivity index (χ2v) is 3.60. The summed E-state index contributed by atoms with van der Waals surface area (Å²) in [5, 5.41) is 10.4. The van der Waals surface area contributed by atoms with Gasteiger partial charge in [-0.25, -0.2) is 17.6 Å². The first-order valence-corrected chi connectivity index (χ1v) is 5.17. The Bertz CT molecular complexity index is 519. The third-order valence-electron chi connectivity index (χ3n) is 2.20. The van der Waals surface area contributed by atoms with E-state index in [0.717, 1.165) is 0 Å². The van der Waals surface area contributed by atoms with Gasteiger partial charge >= 0.3 is 5.97 Å². The van der Waals surface area contributed by atoms with E-state index >= 15 is 0 Å². The summed E-state index contributed by atoms with van der Waals surface area (Å²) in [5.41, 5.74) is -0.980. The Hall–Kier alpha value is -2.12. The summed E-state index contributed by atoms with van der Waals surface area (Å²) in [6.07, 6.45) is -0.163. The number of nitrogens with one attached hydrogen (secondary N) is 1. The van der Waals surface area contributed by atoms with Gasteiger partial charge in [0.2, 0.25) is 0 Å². The lowest BCUT2D eigenvalue weighted by Crippen LogP contribution is -2.26. The van der Waals surface area contributed by atoms with Gasteiger partial charge in [-0.15, -0.1) is 0 Å². The number of benzene rings is 1. The largest absolute Gasteiger partial charge is 0.481 e. The summed E-state index contributed by atoms with van der Waals surface area (Å²) >= 11 is 0. The minimum atomic E-state index is -2.07.